The van der Waals surface area contributed by atoms with Crippen LogP contribution >= 0.6 is 0 Å². The molecule has 0 amide bonds. The van der Waals surface area contributed by atoms with E-state index in [4.69, 9.17) is 4.84 Å². The van der Waals surface area contributed by atoms with E-state index in [1.54, 1.807) is 19.1 Å². The molecular weight excluding hydrogens is 404 g/mol. The molecule has 1 N–H and O–H groups in total. The van der Waals surface area contributed by atoms with E-state index in [-0.39, 0.29) is 22.0 Å². The fraction of sp³-hybridized carbons (Fsp3) is 0.190. The molecule has 0 fully saturated rings. The number of pyridine rings is 1. The monoisotopic (exact) mass is 422 g/mol. The number of aromatic nitrogens is 1. The van der Waals surface area contributed by atoms with Crippen LogP contribution in [0.25, 0.3) is 10.9 Å². The molecule has 2 atom stereocenters. The molecule has 9 heteroatoms. The van der Waals surface area contributed by atoms with Crippen molar-refractivity contribution in [2.75, 3.05) is 0 Å². The zero-order chi connectivity index (χ0) is 21.0. The van der Waals surface area contributed by atoms with Gasteiger partial charge in [-0.15, -0.1) is 4.41 Å². The first-order valence-electron chi connectivity index (χ1n) is 9.35. The SMILES string of the molecule is CC1=NN(S(=O)(=O)c2ccc(O)c3ncccc23)C2=NOC(c3ccc(C)cc3)C12. The molecule has 0 saturated carbocycles. The summed E-state index contributed by atoms with van der Waals surface area (Å²) in [5.41, 5.74) is 2.82. The summed E-state index contributed by atoms with van der Waals surface area (Å²) >= 11 is 0. The molecule has 2 unspecified atom stereocenters. The van der Waals surface area contributed by atoms with Gasteiger partial charge >= 0.3 is 0 Å². The number of oxime groups is 1. The molecule has 5 rings (SSSR count). The number of hydrogen-bond acceptors (Lipinski definition) is 7. The first-order chi connectivity index (χ1) is 14.4. The van der Waals surface area contributed by atoms with Gasteiger partial charge in [0.2, 0.25) is 0 Å². The number of amidine groups is 1. The number of benzene rings is 2. The van der Waals surface area contributed by atoms with E-state index in [9.17, 15) is 13.5 Å². The topological polar surface area (TPSA) is 104 Å². The Balaban J connectivity index is 1.57. The fourth-order valence-corrected chi connectivity index (χ4v) is 5.31. The molecule has 0 radical (unpaired) electrons. The van der Waals surface area contributed by atoms with Gasteiger partial charge in [-0.2, -0.15) is 13.5 Å². The predicted octanol–water partition coefficient (Wildman–Crippen LogP) is 3.33. The second kappa shape index (κ2) is 6.53. The number of sulfonamides is 1. The Morgan fingerprint density at radius 2 is 1.83 bits per heavy atom. The lowest BCUT2D eigenvalue weighted by Crippen LogP contribution is -2.32. The van der Waals surface area contributed by atoms with Crippen LogP contribution < -0.4 is 0 Å². The van der Waals surface area contributed by atoms with Crippen molar-refractivity contribution in [1.82, 2.24) is 9.40 Å². The van der Waals surface area contributed by atoms with Crippen molar-refractivity contribution in [2.45, 2.75) is 24.8 Å². The smallest absolute Gasteiger partial charge is 0.285 e. The van der Waals surface area contributed by atoms with Crippen LogP contribution in [-0.4, -0.2) is 34.5 Å². The highest BCUT2D eigenvalue weighted by Crippen LogP contribution is 2.41. The van der Waals surface area contributed by atoms with Gasteiger partial charge in [0.1, 0.15) is 17.2 Å². The molecule has 1 aromatic heterocycles. The number of phenolic OH excluding ortho intramolecular Hbond substituents is 1. The third kappa shape index (κ3) is 2.66. The van der Waals surface area contributed by atoms with Crippen LogP contribution in [0, 0.1) is 12.8 Å². The summed E-state index contributed by atoms with van der Waals surface area (Å²) < 4.78 is 27.9. The molecule has 0 aliphatic carbocycles. The summed E-state index contributed by atoms with van der Waals surface area (Å²) in [6.07, 6.45) is 1.05. The van der Waals surface area contributed by atoms with E-state index >= 15 is 0 Å². The average molecular weight is 422 g/mol. The normalized spacial score (nSPS) is 20.7. The van der Waals surface area contributed by atoms with Gasteiger partial charge in [-0.05, 0) is 43.7 Å². The number of phenols is 1. The van der Waals surface area contributed by atoms with Crippen molar-refractivity contribution in [2.24, 2.45) is 16.2 Å². The molecule has 2 aliphatic rings. The second-order valence-electron chi connectivity index (χ2n) is 7.34. The minimum absolute atomic E-state index is 0.0120. The number of hydrazone groups is 1. The van der Waals surface area contributed by atoms with E-state index in [1.165, 1.54) is 18.3 Å². The van der Waals surface area contributed by atoms with Crippen LogP contribution in [0.1, 0.15) is 24.2 Å². The Labute approximate surface area is 173 Å². The van der Waals surface area contributed by atoms with Gasteiger partial charge in [0.25, 0.3) is 10.0 Å². The maximum absolute atomic E-state index is 13.5. The van der Waals surface area contributed by atoms with Gasteiger partial charge in [-0.25, -0.2) is 0 Å². The highest BCUT2D eigenvalue weighted by molar-refractivity contribution is 7.90. The van der Waals surface area contributed by atoms with Gasteiger partial charge in [0.05, 0.1) is 10.6 Å². The Bertz CT molecular complexity index is 1330. The molecule has 2 aromatic carbocycles. The summed E-state index contributed by atoms with van der Waals surface area (Å²) in [6, 6.07) is 13.7. The van der Waals surface area contributed by atoms with Crippen LogP contribution in [0.5, 0.6) is 5.75 Å². The molecule has 3 heterocycles. The van der Waals surface area contributed by atoms with Crippen LogP contribution in [0.15, 0.2) is 69.9 Å². The largest absolute Gasteiger partial charge is 0.506 e. The van der Waals surface area contributed by atoms with Crippen molar-refractivity contribution in [3.05, 3.63) is 65.9 Å². The van der Waals surface area contributed by atoms with Crippen molar-refractivity contribution in [1.29, 1.82) is 0 Å². The zero-order valence-corrected chi connectivity index (χ0v) is 17.0. The summed E-state index contributed by atoms with van der Waals surface area (Å²) in [4.78, 5) is 9.72. The molecule has 2 aliphatic heterocycles. The van der Waals surface area contributed by atoms with Gasteiger partial charge in [0, 0.05) is 11.6 Å². The number of fused-ring (bicyclic) bond motifs is 2. The van der Waals surface area contributed by atoms with Crippen LogP contribution in [0.3, 0.4) is 0 Å². The summed E-state index contributed by atoms with van der Waals surface area (Å²) in [6.45, 7) is 3.76. The highest BCUT2D eigenvalue weighted by Gasteiger charge is 2.49. The summed E-state index contributed by atoms with van der Waals surface area (Å²) in [5, 5.41) is 18.8. The molecule has 0 saturated heterocycles. The van der Waals surface area contributed by atoms with E-state index in [2.05, 4.69) is 15.2 Å². The Kier molecular flexibility index (Phi) is 4.04. The molecule has 0 spiro atoms. The average Bonchev–Trinajstić information content (AvgIpc) is 3.31. The highest BCUT2D eigenvalue weighted by atomic mass is 32.2. The molecule has 3 aromatic rings. The third-order valence-electron chi connectivity index (χ3n) is 5.36. The molecule has 8 nitrogen and oxygen atoms in total. The van der Waals surface area contributed by atoms with E-state index < -0.39 is 22.0 Å². The van der Waals surface area contributed by atoms with Gasteiger partial charge in [-0.1, -0.05) is 35.0 Å². The standard InChI is InChI=1S/C21H18N4O4S/c1-12-5-7-14(8-6-12)20-18-13(2)23-25(21(18)24-29-20)30(27,28)17-10-9-16(26)19-15(17)4-3-11-22-19/h3-11,18,20,26H,1-2H3. The van der Waals surface area contributed by atoms with Crippen molar-refractivity contribution >= 4 is 32.5 Å². The van der Waals surface area contributed by atoms with Gasteiger partial charge in [-0.3, -0.25) is 4.98 Å². The quantitative estimate of drug-likeness (QED) is 0.697. The molecule has 152 valence electrons. The predicted molar refractivity (Wildman–Crippen MR) is 111 cm³/mol. The van der Waals surface area contributed by atoms with E-state index in [0.717, 1.165) is 15.5 Å². The van der Waals surface area contributed by atoms with Crippen molar-refractivity contribution in [3.63, 3.8) is 0 Å². The molecule has 0 bridgehead atoms. The lowest BCUT2D eigenvalue weighted by molar-refractivity contribution is 0.0738. The number of rotatable bonds is 3. The maximum Gasteiger partial charge on any atom is 0.285 e. The first-order valence-corrected chi connectivity index (χ1v) is 10.8. The summed E-state index contributed by atoms with van der Waals surface area (Å²) in [5.74, 6) is -0.267. The number of hydrogen-bond donors (Lipinski definition) is 1. The van der Waals surface area contributed by atoms with Crippen LogP contribution in [0.4, 0.5) is 0 Å². The summed E-state index contributed by atoms with van der Waals surface area (Å²) in [7, 11) is -4.10. The Hall–Kier alpha value is -3.46. The maximum atomic E-state index is 13.5. The van der Waals surface area contributed by atoms with E-state index in [1.807, 2.05) is 31.2 Å². The van der Waals surface area contributed by atoms with Crippen molar-refractivity contribution < 1.29 is 18.4 Å². The number of nitrogens with zero attached hydrogens (tertiary/aromatic N) is 4. The van der Waals surface area contributed by atoms with Gasteiger partial charge in [0.15, 0.2) is 11.9 Å². The lowest BCUT2D eigenvalue weighted by Gasteiger charge is -2.17. The second-order valence-corrected chi connectivity index (χ2v) is 9.07. The molecule has 30 heavy (non-hydrogen) atoms. The van der Waals surface area contributed by atoms with Crippen molar-refractivity contribution in [3.8, 4) is 5.75 Å². The number of aryl methyl sites for hydroxylation is 1. The van der Waals surface area contributed by atoms with Gasteiger partial charge < -0.3 is 9.94 Å². The fourth-order valence-electron chi connectivity index (χ4n) is 3.82. The number of aromatic hydroxyl groups is 1. The lowest BCUT2D eigenvalue weighted by atomic mass is 9.92. The molecular formula is C21H18N4O4S. The Morgan fingerprint density at radius 1 is 1.07 bits per heavy atom. The Morgan fingerprint density at radius 3 is 2.60 bits per heavy atom. The third-order valence-corrected chi connectivity index (χ3v) is 6.99. The van der Waals surface area contributed by atoms with E-state index in [0.29, 0.717) is 11.1 Å². The minimum Gasteiger partial charge on any atom is -0.506 e. The minimum atomic E-state index is -4.10. The van der Waals surface area contributed by atoms with Crippen LogP contribution in [0.2, 0.25) is 0 Å². The first kappa shape index (κ1) is 18.6. The zero-order valence-electron chi connectivity index (χ0n) is 16.2. The van der Waals surface area contributed by atoms with Crippen LogP contribution in [-0.2, 0) is 14.9 Å².